The van der Waals surface area contributed by atoms with Crippen LogP contribution < -0.4 is 14.9 Å². The molecule has 0 saturated heterocycles. The molecule has 0 amide bonds. The number of fused-ring (bicyclic) bond motifs is 1. The minimum atomic E-state index is -0.600. The van der Waals surface area contributed by atoms with Crippen LogP contribution in [0.2, 0.25) is 0 Å². The number of furan rings is 1. The molecule has 3 aromatic rings. The lowest BCUT2D eigenvalue weighted by atomic mass is 9.92. The van der Waals surface area contributed by atoms with Gasteiger partial charge in [0.2, 0.25) is 0 Å². The van der Waals surface area contributed by atoms with E-state index in [2.05, 4.69) is 48.6 Å². The van der Waals surface area contributed by atoms with E-state index in [9.17, 15) is 9.59 Å². The number of aromatic nitrogens is 1. The zero-order valence-corrected chi connectivity index (χ0v) is 22.6. The standard InChI is InChI=1S/C26H27IN2O4S/c1-5-7-19-22(25(31)32-6-2)23(17-10-8-16(9-11-17)15(3)4)29-24(30)20(34-26(29)28-19)14-18-12-13-21(27)33-18/h8-15,23H,5-7H2,1-4H3/b20-14-/t23-/m1/s1. The van der Waals surface area contributed by atoms with Crippen LogP contribution in [0.4, 0.5) is 0 Å². The largest absolute Gasteiger partial charge is 0.463 e. The summed E-state index contributed by atoms with van der Waals surface area (Å²) in [6, 6.07) is 11.2. The lowest BCUT2D eigenvalue weighted by molar-refractivity contribution is -0.139. The van der Waals surface area contributed by atoms with Gasteiger partial charge in [0.1, 0.15) is 5.76 Å². The maximum atomic E-state index is 13.6. The molecule has 2 aromatic heterocycles. The molecule has 8 heteroatoms. The van der Waals surface area contributed by atoms with Gasteiger partial charge in [-0.05, 0) is 65.1 Å². The van der Waals surface area contributed by atoms with Crippen LogP contribution in [0.25, 0.3) is 6.08 Å². The number of halogens is 1. The summed E-state index contributed by atoms with van der Waals surface area (Å²) >= 11 is 3.40. The number of allylic oxidation sites excluding steroid dienone is 1. The molecule has 0 saturated carbocycles. The minimum Gasteiger partial charge on any atom is -0.463 e. The quantitative estimate of drug-likeness (QED) is 0.290. The Labute approximate surface area is 215 Å². The fourth-order valence-electron chi connectivity index (χ4n) is 4.03. The molecule has 3 heterocycles. The Morgan fingerprint density at radius 1 is 1.24 bits per heavy atom. The van der Waals surface area contributed by atoms with Crippen LogP contribution in [0.5, 0.6) is 0 Å². The Morgan fingerprint density at radius 3 is 2.56 bits per heavy atom. The maximum Gasteiger partial charge on any atom is 0.338 e. The van der Waals surface area contributed by atoms with Crippen molar-refractivity contribution >= 4 is 46.0 Å². The van der Waals surface area contributed by atoms with Gasteiger partial charge >= 0.3 is 5.97 Å². The van der Waals surface area contributed by atoms with Crippen molar-refractivity contribution in [3.8, 4) is 0 Å². The summed E-state index contributed by atoms with van der Waals surface area (Å²) in [4.78, 5) is 32.2. The third-order valence-electron chi connectivity index (χ3n) is 5.68. The van der Waals surface area contributed by atoms with E-state index in [1.807, 2.05) is 31.2 Å². The van der Waals surface area contributed by atoms with E-state index in [0.717, 1.165) is 15.8 Å². The number of ether oxygens (including phenoxy) is 1. The Balaban J connectivity index is 1.97. The molecule has 0 radical (unpaired) electrons. The smallest absolute Gasteiger partial charge is 0.338 e. The molecule has 0 spiro atoms. The second-order valence-electron chi connectivity index (χ2n) is 8.38. The molecule has 1 aromatic carbocycles. The van der Waals surface area contributed by atoms with Crippen molar-refractivity contribution in [3.05, 3.63) is 88.0 Å². The number of carbonyl (C=O) groups is 1. The van der Waals surface area contributed by atoms with Gasteiger partial charge in [-0.3, -0.25) is 9.36 Å². The van der Waals surface area contributed by atoms with Crippen LogP contribution in [0, 0.1) is 3.77 Å². The van der Waals surface area contributed by atoms with Crippen molar-refractivity contribution < 1.29 is 13.9 Å². The second-order valence-corrected chi connectivity index (χ2v) is 10.4. The predicted octanol–water partition coefficient (Wildman–Crippen LogP) is 4.90. The number of hydrogen-bond acceptors (Lipinski definition) is 6. The molecule has 1 atom stereocenters. The highest BCUT2D eigenvalue weighted by atomic mass is 127. The van der Waals surface area contributed by atoms with Crippen molar-refractivity contribution in [1.82, 2.24) is 4.57 Å². The number of thiazole rings is 1. The van der Waals surface area contributed by atoms with E-state index in [0.29, 0.717) is 38.7 Å². The van der Waals surface area contributed by atoms with E-state index in [4.69, 9.17) is 14.1 Å². The summed E-state index contributed by atoms with van der Waals surface area (Å²) < 4.78 is 14.0. The average Bonchev–Trinajstić information content (AvgIpc) is 3.35. The van der Waals surface area contributed by atoms with E-state index in [-0.39, 0.29) is 12.2 Å². The first-order valence-electron chi connectivity index (χ1n) is 11.4. The third kappa shape index (κ3) is 4.84. The van der Waals surface area contributed by atoms with Gasteiger partial charge < -0.3 is 9.15 Å². The first kappa shape index (κ1) is 24.7. The lowest BCUT2D eigenvalue weighted by Crippen LogP contribution is -2.40. The molecule has 0 unspecified atom stereocenters. The van der Waals surface area contributed by atoms with Gasteiger partial charge in [0.05, 0.1) is 28.5 Å². The van der Waals surface area contributed by atoms with Crippen LogP contribution in [0.3, 0.4) is 0 Å². The zero-order chi connectivity index (χ0) is 24.4. The second kappa shape index (κ2) is 10.4. The third-order valence-corrected chi connectivity index (χ3v) is 7.24. The molecular formula is C26H27IN2O4S. The maximum absolute atomic E-state index is 13.6. The van der Waals surface area contributed by atoms with Crippen LogP contribution in [-0.4, -0.2) is 17.1 Å². The van der Waals surface area contributed by atoms with Crippen LogP contribution in [-0.2, 0) is 9.53 Å². The lowest BCUT2D eigenvalue weighted by Gasteiger charge is -2.26. The molecule has 1 aliphatic rings. The number of esters is 1. The Kier molecular flexibility index (Phi) is 7.57. The molecule has 6 nitrogen and oxygen atoms in total. The molecule has 0 bridgehead atoms. The number of carbonyl (C=O) groups excluding carboxylic acids is 1. The fraction of sp³-hybridized carbons (Fsp3) is 0.346. The van der Waals surface area contributed by atoms with Gasteiger partial charge in [-0.2, -0.15) is 0 Å². The van der Waals surface area contributed by atoms with E-state index >= 15 is 0 Å². The summed E-state index contributed by atoms with van der Waals surface area (Å²) in [6.45, 7) is 8.35. The Hall–Kier alpha value is -2.46. The highest BCUT2D eigenvalue weighted by molar-refractivity contribution is 14.1. The van der Waals surface area contributed by atoms with Crippen molar-refractivity contribution in [3.63, 3.8) is 0 Å². The Bertz CT molecular complexity index is 1410. The van der Waals surface area contributed by atoms with E-state index in [1.54, 1.807) is 17.6 Å². The van der Waals surface area contributed by atoms with Crippen LogP contribution in [0.1, 0.15) is 69.4 Å². The number of benzene rings is 1. The summed E-state index contributed by atoms with van der Waals surface area (Å²) in [5.41, 5.74) is 2.97. The first-order chi connectivity index (χ1) is 16.3. The van der Waals surface area contributed by atoms with Crippen molar-refractivity contribution in [2.75, 3.05) is 6.61 Å². The minimum absolute atomic E-state index is 0.203. The van der Waals surface area contributed by atoms with Gasteiger partial charge in [0.25, 0.3) is 5.56 Å². The summed E-state index contributed by atoms with van der Waals surface area (Å²) in [5, 5.41) is 0. The zero-order valence-electron chi connectivity index (χ0n) is 19.6. The summed E-state index contributed by atoms with van der Waals surface area (Å²) in [7, 11) is 0. The van der Waals surface area contributed by atoms with Gasteiger partial charge in [0.15, 0.2) is 8.57 Å². The van der Waals surface area contributed by atoms with Crippen molar-refractivity contribution in [2.45, 2.75) is 52.5 Å². The van der Waals surface area contributed by atoms with Gasteiger partial charge in [0, 0.05) is 6.08 Å². The summed E-state index contributed by atoms with van der Waals surface area (Å²) in [5.74, 6) is 0.552. The topological polar surface area (TPSA) is 73.8 Å². The van der Waals surface area contributed by atoms with Gasteiger partial charge in [-0.1, -0.05) is 62.8 Å². The summed E-state index contributed by atoms with van der Waals surface area (Å²) in [6.07, 6.45) is 3.18. The van der Waals surface area contributed by atoms with Gasteiger partial charge in [-0.25, -0.2) is 9.79 Å². The van der Waals surface area contributed by atoms with Crippen molar-refractivity contribution in [2.24, 2.45) is 4.99 Å². The molecule has 4 rings (SSSR count). The molecule has 34 heavy (non-hydrogen) atoms. The molecule has 0 aliphatic carbocycles. The molecule has 0 N–H and O–H groups in total. The average molecular weight is 590 g/mol. The molecule has 0 fully saturated rings. The van der Waals surface area contributed by atoms with Crippen LogP contribution >= 0.6 is 33.9 Å². The van der Waals surface area contributed by atoms with Gasteiger partial charge in [-0.15, -0.1) is 0 Å². The predicted molar refractivity (Wildman–Crippen MR) is 142 cm³/mol. The number of rotatable bonds is 7. The highest BCUT2D eigenvalue weighted by Gasteiger charge is 2.34. The molecular weight excluding hydrogens is 563 g/mol. The highest BCUT2D eigenvalue weighted by Crippen LogP contribution is 2.33. The van der Waals surface area contributed by atoms with E-state index < -0.39 is 12.0 Å². The first-order valence-corrected chi connectivity index (χ1v) is 13.3. The normalized spacial score (nSPS) is 16.1. The number of hydrogen-bond donors (Lipinski definition) is 0. The molecule has 1 aliphatic heterocycles. The molecule has 178 valence electrons. The van der Waals surface area contributed by atoms with Crippen LogP contribution in [0.15, 0.2) is 61.9 Å². The SMILES string of the molecule is CCCC1=C(C(=O)OCC)[C@@H](c2ccc(C(C)C)cc2)n2c(s/c(=C\c3ccc(I)o3)c2=O)=N1. The Morgan fingerprint density at radius 2 is 1.97 bits per heavy atom. The van der Waals surface area contributed by atoms with Crippen molar-refractivity contribution in [1.29, 1.82) is 0 Å². The number of nitrogens with zero attached hydrogens (tertiary/aromatic N) is 2. The van der Waals surface area contributed by atoms with E-state index in [1.165, 1.54) is 16.9 Å². The fourth-order valence-corrected chi connectivity index (χ4v) is 5.47. The monoisotopic (exact) mass is 590 g/mol.